The molecule has 3 aromatic rings. The molecule has 0 aliphatic rings. The molecular formula is C20H24N4O. The van der Waals surface area contributed by atoms with Gasteiger partial charge in [0.2, 0.25) is 0 Å². The maximum absolute atomic E-state index is 12.5. The van der Waals surface area contributed by atoms with Crippen molar-refractivity contribution in [3.63, 3.8) is 0 Å². The van der Waals surface area contributed by atoms with Crippen molar-refractivity contribution in [2.24, 2.45) is 0 Å². The van der Waals surface area contributed by atoms with Crippen LogP contribution in [0.3, 0.4) is 0 Å². The molecule has 5 heteroatoms. The van der Waals surface area contributed by atoms with Crippen LogP contribution in [0.5, 0.6) is 0 Å². The fraction of sp³-hybridized carbons (Fsp3) is 0.300. The number of likely N-dealkylation sites (N-methyl/N-ethyl adjacent to an activating group) is 1. The van der Waals surface area contributed by atoms with Gasteiger partial charge in [0, 0.05) is 18.7 Å². The summed E-state index contributed by atoms with van der Waals surface area (Å²) in [5.41, 5.74) is 3.91. The zero-order valence-electron chi connectivity index (χ0n) is 14.7. The molecule has 0 aliphatic carbocycles. The van der Waals surface area contributed by atoms with Crippen molar-refractivity contribution in [3.05, 3.63) is 65.5 Å². The van der Waals surface area contributed by atoms with Gasteiger partial charge in [-0.05, 0) is 50.7 Å². The monoisotopic (exact) mass is 336 g/mol. The van der Waals surface area contributed by atoms with E-state index in [-0.39, 0.29) is 5.91 Å². The number of carbonyl (C=O) groups excluding carboxylic acids is 1. The number of aromatic nitrogens is 2. The Morgan fingerprint density at radius 3 is 2.68 bits per heavy atom. The molecule has 1 heterocycles. The number of aryl methyl sites for hydroxylation is 1. The van der Waals surface area contributed by atoms with Crippen LogP contribution in [0, 0.1) is 6.92 Å². The molecule has 2 N–H and O–H groups in total. The van der Waals surface area contributed by atoms with E-state index in [9.17, 15) is 4.79 Å². The van der Waals surface area contributed by atoms with E-state index in [1.807, 2.05) is 56.4 Å². The minimum absolute atomic E-state index is 0.0197. The fourth-order valence-electron chi connectivity index (χ4n) is 3.07. The van der Waals surface area contributed by atoms with E-state index >= 15 is 0 Å². The van der Waals surface area contributed by atoms with Gasteiger partial charge in [-0.15, -0.1) is 0 Å². The molecule has 0 fully saturated rings. The predicted molar refractivity (Wildman–Crippen MR) is 101 cm³/mol. The first-order chi connectivity index (χ1) is 12.2. The van der Waals surface area contributed by atoms with Crippen LogP contribution >= 0.6 is 0 Å². The lowest BCUT2D eigenvalue weighted by Crippen LogP contribution is -2.28. The Morgan fingerprint density at radius 2 is 1.84 bits per heavy atom. The van der Waals surface area contributed by atoms with Gasteiger partial charge in [-0.25, -0.2) is 4.98 Å². The number of amides is 1. The highest BCUT2D eigenvalue weighted by Crippen LogP contribution is 2.15. The first-order valence-electron chi connectivity index (χ1n) is 8.63. The maximum atomic E-state index is 12.5. The summed E-state index contributed by atoms with van der Waals surface area (Å²) in [6.07, 6.45) is 0.839. The van der Waals surface area contributed by atoms with Crippen molar-refractivity contribution in [2.45, 2.75) is 19.9 Å². The van der Waals surface area contributed by atoms with Gasteiger partial charge in [0.15, 0.2) is 0 Å². The van der Waals surface area contributed by atoms with Gasteiger partial charge >= 0.3 is 0 Å². The van der Waals surface area contributed by atoms with Crippen LogP contribution in [0.25, 0.3) is 11.0 Å². The summed E-state index contributed by atoms with van der Waals surface area (Å²) in [7, 11) is 1.92. The Labute approximate surface area is 148 Å². The number of nitrogens with one attached hydrogen (secondary N) is 2. The van der Waals surface area contributed by atoms with Crippen molar-refractivity contribution in [2.75, 3.05) is 20.1 Å². The van der Waals surface area contributed by atoms with Gasteiger partial charge in [-0.3, -0.25) is 4.79 Å². The minimum atomic E-state index is -0.0197. The van der Waals surface area contributed by atoms with Crippen LogP contribution in [0.4, 0.5) is 0 Å². The molecule has 0 saturated carbocycles. The third-order valence-corrected chi connectivity index (χ3v) is 4.37. The van der Waals surface area contributed by atoms with Crippen molar-refractivity contribution in [1.82, 2.24) is 20.2 Å². The SMILES string of the molecule is CNCCc1ccccc1C(=O)NCCn1c(C)nc2ccccc21. The smallest absolute Gasteiger partial charge is 0.251 e. The van der Waals surface area contributed by atoms with Crippen LogP contribution in [-0.2, 0) is 13.0 Å². The fourth-order valence-corrected chi connectivity index (χ4v) is 3.07. The van der Waals surface area contributed by atoms with Gasteiger partial charge in [0.05, 0.1) is 11.0 Å². The molecule has 5 nitrogen and oxygen atoms in total. The van der Waals surface area contributed by atoms with E-state index in [0.29, 0.717) is 13.1 Å². The quantitative estimate of drug-likeness (QED) is 0.697. The second kappa shape index (κ2) is 7.94. The summed E-state index contributed by atoms with van der Waals surface area (Å²) in [5, 5.41) is 6.16. The lowest BCUT2D eigenvalue weighted by atomic mass is 10.0. The third-order valence-electron chi connectivity index (χ3n) is 4.37. The van der Waals surface area contributed by atoms with Crippen molar-refractivity contribution in [3.8, 4) is 0 Å². The van der Waals surface area contributed by atoms with Crippen molar-refractivity contribution < 1.29 is 4.79 Å². The van der Waals surface area contributed by atoms with E-state index in [2.05, 4.69) is 26.3 Å². The van der Waals surface area contributed by atoms with Crippen LogP contribution in [0.2, 0.25) is 0 Å². The summed E-state index contributed by atoms with van der Waals surface area (Å²) in [6.45, 7) is 4.12. The third kappa shape index (κ3) is 3.88. The van der Waals surface area contributed by atoms with Gasteiger partial charge in [0.25, 0.3) is 5.91 Å². The molecule has 0 radical (unpaired) electrons. The van der Waals surface area contributed by atoms with E-state index in [0.717, 1.165) is 41.0 Å². The van der Waals surface area contributed by atoms with E-state index < -0.39 is 0 Å². The molecule has 1 amide bonds. The van der Waals surface area contributed by atoms with Crippen LogP contribution in [0.15, 0.2) is 48.5 Å². The largest absolute Gasteiger partial charge is 0.350 e. The average molecular weight is 336 g/mol. The Bertz CT molecular complexity index is 869. The number of fused-ring (bicyclic) bond motifs is 1. The Morgan fingerprint density at radius 1 is 1.08 bits per heavy atom. The number of rotatable bonds is 7. The van der Waals surface area contributed by atoms with Crippen LogP contribution in [0.1, 0.15) is 21.7 Å². The molecular weight excluding hydrogens is 312 g/mol. The number of hydrogen-bond acceptors (Lipinski definition) is 3. The van der Waals surface area contributed by atoms with Crippen LogP contribution in [-0.4, -0.2) is 35.6 Å². The number of carbonyl (C=O) groups is 1. The molecule has 130 valence electrons. The Kier molecular flexibility index (Phi) is 5.46. The maximum Gasteiger partial charge on any atom is 0.251 e. The molecule has 25 heavy (non-hydrogen) atoms. The summed E-state index contributed by atoms with van der Waals surface area (Å²) >= 11 is 0. The lowest BCUT2D eigenvalue weighted by Gasteiger charge is -2.11. The Balaban J connectivity index is 1.66. The first kappa shape index (κ1) is 17.2. The summed E-state index contributed by atoms with van der Waals surface area (Å²) < 4.78 is 2.14. The zero-order chi connectivity index (χ0) is 17.6. The highest BCUT2D eigenvalue weighted by Gasteiger charge is 2.11. The number of nitrogens with zero attached hydrogens (tertiary/aromatic N) is 2. The van der Waals surface area contributed by atoms with E-state index in [1.165, 1.54) is 0 Å². The van der Waals surface area contributed by atoms with Gasteiger partial charge in [0.1, 0.15) is 5.82 Å². The molecule has 3 rings (SSSR count). The highest BCUT2D eigenvalue weighted by molar-refractivity contribution is 5.95. The standard InChI is InChI=1S/C20H24N4O/c1-15-23-18-9-5-6-10-19(18)24(15)14-13-22-20(25)17-8-4-3-7-16(17)11-12-21-2/h3-10,21H,11-14H2,1-2H3,(H,22,25). The zero-order valence-corrected chi connectivity index (χ0v) is 14.7. The molecule has 0 unspecified atom stereocenters. The topological polar surface area (TPSA) is 59.0 Å². The predicted octanol–water partition coefficient (Wildman–Crippen LogP) is 2.54. The Hall–Kier alpha value is -2.66. The second-order valence-electron chi connectivity index (χ2n) is 6.07. The average Bonchev–Trinajstić information content (AvgIpc) is 2.95. The summed E-state index contributed by atoms with van der Waals surface area (Å²) in [5.74, 6) is 0.943. The molecule has 0 saturated heterocycles. The number of hydrogen-bond donors (Lipinski definition) is 2. The lowest BCUT2D eigenvalue weighted by molar-refractivity contribution is 0.0951. The van der Waals surface area contributed by atoms with E-state index in [1.54, 1.807) is 0 Å². The molecule has 1 aromatic heterocycles. The summed E-state index contributed by atoms with van der Waals surface area (Å²) in [4.78, 5) is 17.1. The van der Waals surface area contributed by atoms with Gasteiger partial charge < -0.3 is 15.2 Å². The minimum Gasteiger partial charge on any atom is -0.350 e. The second-order valence-corrected chi connectivity index (χ2v) is 6.07. The van der Waals surface area contributed by atoms with E-state index in [4.69, 9.17) is 0 Å². The van der Waals surface area contributed by atoms with Crippen molar-refractivity contribution in [1.29, 1.82) is 0 Å². The normalized spacial score (nSPS) is 11.0. The first-order valence-corrected chi connectivity index (χ1v) is 8.63. The summed E-state index contributed by atoms with van der Waals surface area (Å²) in [6, 6.07) is 15.9. The molecule has 2 aromatic carbocycles. The van der Waals surface area contributed by atoms with Gasteiger partial charge in [-0.1, -0.05) is 30.3 Å². The van der Waals surface area contributed by atoms with Crippen molar-refractivity contribution >= 4 is 16.9 Å². The molecule has 0 bridgehead atoms. The highest BCUT2D eigenvalue weighted by atomic mass is 16.1. The molecule has 0 aliphatic heterocycles. The van der Waals surface area contributed by atoms with Crippen LogP contribution < -0.4 is 10.6 Å². The van der Waals surface area contributed by atoms with Gasteiger partial charge in [-0.2, -0.15) is 0 Å². The molecule has 0 spiro atoms. The number of para-hydroxylation sites is 2. The molecule has 0 atom stereocenters. The number of imidazole rings is 1. The number of benzene rings is 2.